The van der Waals surface area contributed by atoms with E-state index in [0.29, 0.717) is 12.1 Å². The number of para-hydroxylation sites is 2. The summed E-state index contributed by atoms with van der Waals surface area (Å²) in [6.45, 7) is 4.58. The summed E-state index contributed by atoms with van der Waals surface area (Å²) in [5, 5.41) is 8.58. The Morgan fingerprint density at radius 3 is 2.10 bits per heavy atom. The van der Waals surface area contributed by atoms with Crippen LogP contribution in [0.15, 0.2) is 90.0 Å². The number of hydrogen-bond donors (Lipinski definition) is 0. The van der Waals surface area contributed by atoms with Crippen molar-refractivity contribution in [1.82, 2.24) is 9.58 Å². The van der Waals surface area contributed by atoms with Crippen molar-refractivity contribution in [1.29, 1.82) is 0 Å². The van der Waals surface area contributed by atoms with E-state index in [1.807, 2.05) is 0 Å². The van der Waals surface area contributed by atoms with Crippen LogP contribution < -0.4 is 0 Å². The van der Waals surface area contributed by atoms with Crippen molar-refractivity contribution in [3.8, 4) is 16.9 Å². The molecule has 0 radical (unpaired) electrons. The lowest BCUT2D eigenvalue weighted by atomic mass is 10.00. The Hall–Kier alpha value is -3.33. The molecule has 3 heteroatoms. The van der Waals surface area contributed by atoms with Crippen LogP contribution in [0.25, 0.3) is 27.8 Å². The largest absolute Gasteiger partial charge is 0.309 e. The van der Waals surface area contributed by atoms with E-state index in [2.05, 4.69) is 115 Å². The number of piperidine rings is 1. The standard InChI is InChI=1S/C28H29N3/c1-21-12-11-13-22(2)31(21)29-20-26-25-18-9-10-19-27(25)30(24-16-7-4-8-17-24)28(26)23-14-5-3-6-15-23/h3-10,14-22H,11-13H2,1-2H3/b29-20-/t21-,22-/m0/s1. The molecule has 2 heterocycles. The van der Waals surface area contributed by atoms with Gasteiger partial charge in [-0.3, -0.25) is 5.01 Å². The monoisotopic (exact) mass is 407 g/mol. The third kappa shape index (κ3) is 3.65. The molecule has 1 fully saturated rings. The molecule has 31 heavy (non-hydrogen) atoms. The molecule has 4 aromatic rings. The lowest BCUT2D eigenvalue weighted by Gasteiger charge is -2.36. The summed E-state index contributed by atoms with van der Waals surface area (Å²) in [7, 11) is 0. The Morgan fingerprint density at radius 1 is 0.774 bits per heavy atom. The highest BCUT2D eigenvalue weighted by molar-refractivity contribution is 6.07. The Balaban J connectivity index is 1.75. The molecule has 1 saturated heterocycles. The molecule has 3 nitrogen and oxygen atoms in total. The highest BCUT2D eigenvalue weighted by Gasteiger charge is 2.24. The van der Waals surface area contributed by atoms with Crippen molar-refractivity contribution < 1.29 is 0 Å². The zero-order valence-electron chi connectivity index (χ0n) is 18.3. The third-order valence-electron chi connectivity index (χ3n) is 6.44. The summed E-state index contributed by atoms with van der Waals surface area (Å²) in [6.07, 6.45) is 5.80. The number of rotatable bonds is 4. The molecule has 1 aromatic heterocycles. The summed E-state index contributed by atoms with van der Waals surface area (Å²) in [5.41, 5.74) is 5.93. The van der Waals surface area contributed by atoms with Crippen LogP contribution in [0.3, 0.4) is 0 Å². The molecule has 2 atom stereocenters. The maximum absolute atomic E-state index is 5.05. The molecule has 0 amide bonds. The van der Waals surface area contributed by atoms with Crippen LogP contribution in [-0.2, 0) is 0 Å². The molecule has 1 aliphatic rings. The first kappa shape index (κ1) is 19.6. The minimum Gasteiger partial charge on any atom is -0.309 e. The van der Waals surface area contributed by atoms with Crippen molar-refractivity contribution in [2.45, 2.75) is 45.2 Å². The van der Waals surface area contributed by atoms with Gasteiger partial charge in [0, 0.05) is 28.7 Å². The fourth-order valence-corrected chi connectivity index (χ4v) is 4.88. The predicted molar refractivity (Wildman–Crippen MR) is 131 cm³/mol. The minimum atomic E-state index is 0.475. The molecule has 5 rings (SSSR count). The summed E-state index contributed by atoms with van der Waals surface area (Å²) in [5.74, 6) is 0. The van der Waals surface area contributed by atoms with Crippen molar-refractivity contribution >= 4 is 17.1 Å². The van der Waals surface area contributed by atoms with E-state index in [9.17, 15) is 0 Å². The lowest BCUT2D eigenvalue weighted by Crippen LogP contribution is -2.39. The topological polar surface area (TPSA) is 20.5 Å². The Morgan fingerprint density at radius 2 is 1.39 bits per heavy atom. The van der Waals surface area contributed by atoms with Gasteiger partial charge >= 0.3 is 0 Å². The normalized spacial score (nSPS) is 19.4. The lowest BCUT2D eigenvalue weighted by molar-refractivity contribution is 0.109. The van der Waals surface area contributed by atoms with Crippen LogP contribution in [0.5, 0.6) is 0 Å². The third-order valence-corrected chi connectivity index (χ3v) is 6.44. The molecule has 3 aromatic carbocycles. The van der Waals surface area contributed by atoms with E-state index in [1.165, 1.54) is 47.0 Å². The fourth-order valence-electron chi connectivity index (χ4n) is 4.88. The first-order valence-corrected chi connectivity index (χ1v) is 11.3. The molecule has 156 valence electrons. The van der Waals surface area contributed by atoms with Gasteiger partial charge in [-0.1, -0.05) is 66.7 Å². The number of fused-ring (bicyclic) bond motifs is 1. The highest BCUT2D eigenvalue weighted by atomic mass is 15.5. The molecule has 0 N–H and O–H groups in total. The zero-order chi connectivity index (χ0) is 21.2. The number of hydrogen-bond acceptors (Lipinski definition) is 2. The quantitative estimate of drug-likeness (QED) is 0.337. The fraction of sp³-hybridized carbons (Fsp3) is 0.250. The Bertz CT molecular complexity index is 1180. The number of nitrogens with zero attached hydrogens (tertiary/aromatic N) is 3. The number of aromatic nitrogens is 1. The maximum Gasteiger partial charge on any atom is 0.0629 e. The van der Waals surface area contributed by atoms with Gasteiger partial charge in [0.2, 0.25) is 0 Å². The van der Waals surface area contributed by atoms with Gasteiger partial charge in [-0.25, -0.2) is 0 Å². The molecule has 0 bridgehead atoms. The van der Waals surface area contributed by atoms with Crippen LogP contribution >= 0.6 is 0 Å². The van der Waals surface area contributed by atoms with Crippen LogP contribution in [0, 0.1) is 0 Å². The van der Waals surface area contributed by atoms with Gasteiger partial charge in [0.15, 0.2) is 0 Å². The molecule has 1 aliphatic heterocycles. The van der Waals surface area contributed by atoms with Crippen LogP contribution in [0.4, 0.5) is 0 Å². The maximum atomic E-state index is 5.05. The van der Waals surface area contributed by atoms with E-state index in [1.54, 1.807) is 0 Å². The van der Waals surface area contributed by atoms with Crippen molar-refractivity contribution in [3.05, 3.63) is 90.5 Å². The summed E-state index contributed by atoms with van der Waals surface area (Å²) >= 11 is 0. The molecule has 0 unspecified atom stereocenters. The second kappa shape index (κ2) is 8.43. The van der Waals surface area contributed by atoms with E-state index < -0.39 is 0 Å². The second-order valence-electron chi connectivity index (χ2n) is 8.57. The average molecular weight is 408 g/mol. The first-order valence-electron chi connectivity index (χ1n) is 11.3. The number of benzene rings is 3. The SMILES string of the molecule is C[C@H]1CCC[C@H](C)N1/N=C\c1c(-c2ccccc2)n(-c2ccccc2)c2ccccc12. The number of hydrazone groups is 1. The smallest absolute Gasteiger partial charge is 0.0629 e. The zero-order valence-corrected chi connectivity index (χ0v) is 18.3. The molecule has 0 spiro atoms. The highest BCUT2D eigenvalue weighted by Crippen LogP contribution is 2.36. The molecule has 0 aliphatic carbocycles. The predicted octanol–water partition coefficient (Wildman–Crippen LogP) is 6.89. The van der Waals surface area contributed by atoms with Gasteiger partial charge in [0.1, 0.15) is 0 Å². The van der Waals surface area contributed by atoms with E-state index in [0.717, 1.165) is 5.69 Å². The average Bonchev–Trinajstić information content (AvgIpc) is 3.14. The van der Waals surface area contributed by atoms with Gasteiger partial charge in [0.05, 0.1) is 17.4 Å². The summed E-state index contributed by atoms with van der Waals surface area (Å²) in [4.78, 5) is 0. The van der Waals surface area contributed by atoms with Crippen LogP contribution in [0.2, 0.25) is 0 Å². The van der Waals surface area contributed by atoms with Crippen LogP contribution in [-0.4, -0.2) is 27.9 Å². The van der Waals surface area contributed by atoms with Gasteiger partial charge < -0.3 is 4.57 Å². The van der Waals surface area contributed by atoms with Gasteiger partial charge in [0.25, 0.3) is 0 Å². The summed E-state index contributed by atoms with van der Waals surface area (Å²) in [6, 6.07) is 30.9. The van der Waals surface area contributed by atoms with Gasteiger partial charge in [-0.2, -0.15) is 5.10 Å². The molecular formula is C28H29N3. The first-order chi connectivity index (χ1) is 15.2. The van der Waals surface area contributed by atoms with E-state index >= 15 is 0 Å². The van der Waals surface area contributed by atoms with Crippen molar-refractivity contribution in [2.75, 3.05) is 0 Å². The van der Waals surface area contributed by atoms with Crippen LogP contribution in [0.1, 0.15) is 38.7 Å². The van der Waals surface area contributed by atoms with Crippen molar-refractivity contribution in [2.24, 2.45) is 5.10 Å². The second-order valence-corrected chi connectivity index (χ2v) is 8.57. The van der Waals surface area contributed by atoms with Gasteiger partial charge in [-0.15, -0.1) is 0 Å². The minimum absolute atomic E-state index is 0.475. The van der Waals surface area contributed by atoms with E-state index in [-0.39, 0.29) is 0 Å². The summed E-state index contributed by atoms with van der Waals surface area (Å²) < 4.78 is 2.37. The molecular weight excluding hydrogens is 378 g/mol. The Kier molecular flexibility index (Phi) is 5.33. The molecule has 0 saturated carbocycles. The Labute approximate surface area is 184 Å². The van der Waals surface area contributed by atoms with Gasteiger partial charge in [-0.05, 0) is 56.9 Å². The van der Waals surface area contributed by atoms with Crippen molar-refractivity contribution in [3.63, 3.8) is 0 Å². The van der Waals surface area contributed by atoms with E-state index in [4.69, 9.17) is 5.10 Å².